The van der Waals surface area contributed by atoms with Crippen molar-refractivity contribution < 1.29 is 14.4 Å². The van der Waals surface area contributed by atoms with Crippen LogP contribution in [0.2, 0.25) is 5.02 Å². The van der Waals surface area contributed by atoms with Gasteiger partial charge in [0.15, 0.2) is 0 Å². The third kappa shape index (κ3) is 6.40. The van der Waals surface area contributed by atoms with Gasteiger partial charge < -0.3 is 15.0 Å². The molecule has 0 radical (unpaired) electrons. The SMILES string of the molecule is C[C@H](CNC(=O)c1cc(Cl)ccc1OCc1ccccc1)C[NH+](C)C. The molecule has 1 amide bonds. The number of halogens is 1. The van der Waals surface area contributed by atoms with Gasteiger partial charge in [0.1, 0.15) is 12.4 Å². The second kappa shape index (κ2) is 9.44. The molecule has 5 heteroatoms. The predicted molar refractivity (Wildman–Crippen MR) is 101 cm³/mol. The van der Waals surface area contributed by atoms with Gasteiger partial charge in [-0.15, -0.1) is 0 Å². The van der Waals surface area contributed by atoms with Gasteiger partial charge in [-0.1, -0.05) is 48.9 Å². The summed E-state index contributed by atoms with van der Waals surface area (Å²) in [4.78, 5) is 13.9. The van der Waals surface area contributed by atoms with E-state index in [4.69, 9.17) is 16.3 Å². The van der Waals surface area contributed by atoms with Crippen LogP contribution in [0, 0.1) is 5.92 Å². The Morgan fingerprint density at radius 2 is 1.92 bits per heavy atom. The molecule has 0 fully saturated rings. The van der Waals surface area contributed by atoms with Gasteiger partial charge in [-0.3, -0.25) is 4.79 Å². The van der Waals surface area contributed by atoms with E-state index in [0.717, 1.165) is 12.1 Å². The molecule has 0 aliphatic rings. The lowest BCUT2D eigenvalue weighted by molar-refractivity contribution is -0.861. The predicted octanol–water partition coefficient (Wildman–Crippen LogP) is 2.43. The van der Waals surface area contributed by atoms with Gasteiger partial charge in [0.05, 0.1) is 26.2 Å². The molecule has 0 aliphatic carbocycles. The second-order valence-electron chi connectivity index (χ2n) is 6.64. The van der Waals surface area contributed by atoms with Crippen LogP contribution in [0.15, 0.2) is 48.5 Å². The van der Waals surface area contributed by atoms with E-state index in [1.165, 1.54) is 4.90 Å². The Labute approximate surface area is 154 Å². The Bertz CT molecular complexity index is 689. The molecule has 0 aliphatic heterocycles. The van der Waals surface area contributed by atoms with E-state index in [2.05, 4.69) is 26.3 Å². The summed E-state index contributed by atoms with van der Waals surface area (Å²) >= 11 is 6.07. The van der Waals surface area contributed by atoms with E-state index >= 15 is 0 Å². The lowest BCUT2D eigenvalue weighted by Gasteiger charge is -2.16. The summed E-state index contributed by atoms with van der Waals surface area (Å²) in [5.41, 5.74) is 1.51. The van der Waals surface area contributed by atoms with E-state index in [1.807, 2.05) is 30.3 Å². The highest BCUT2D eigenvalue weighted by molar-refractivity contribution is 6.31. The summed E-state index contributed by atoms with van der Waals surface area (Å²) in [6.45, 7) is 4.14. The minimum absolute atomic E-state index is 0.161. The van der Waals surface area contributed by atoms with Crippen molar-refractivity contribution in [2.24, 2.45) is 5.92 Å². The maximum Gasteiger partial charge on any atom is 0.255 e. The third-order valence-corrected chi connectivity index (χ3v) is 4.03. The Morgan fingerprint density at radius 3 is 2.60 bits per heavy atom. The minimum atomic E-state index is -0.161. The number of carbonyl (C=O) groups is 1. The summed E-state index contributed by atoms with van der Waals surface area (Å²) < 4.78 is 5.85. The number of hydrogen-bond acceptors (Lipinski definition) is 2. The fraction of sp³-hybridized carbons (Fsp3) is 0.350. The van der Waals surface area contributed by atoms with Crippen molar-refractivity contribution in [3.63, 3.8) is 0 Å². The zero-order chi connectivity index (χ0) is 18.2. The number of quaternary nitrogens is 1. The molecule has 2 rings (SSSR count). The Morgan fingerprint density at radius 1 is 1.20 bits per heavy atom. The standard InChI is InChI=1S/C20H25ClN2O2/c1-15(13-23(2)3)12-22-20(24)18-11-17(21)9-10-19(18)25-14-16-7-5-4-6-8-16/h4-11,15H,12-14H2,1-3H3,(H,22,24)/p+1/t15-/m1/s1. The highest BCUT2D eigenvalue weighted by atomic mass is 35.5. The van der Waals surface area contributed by atoms with E-state index in [9.17, 15) is 4.79 Å². The molecule has 2 aromatic rings. The molecule has 25 heavy (non-hydrogen) atoms. The Balaban J connectivity index is 2.03. The van der Waals surface area contributed by atoms with Gasteiger partial charge in [0.2, 0.25) is 0 Å². The zero-order valence-electron chi connectivity index (χ0n) is 15.0. The molecule has 2 aromatic carbocycles. The van der Waals surface area contributed by atoms with Gasteiger partial charge >= 0.3 is 0 Å². The largest absolute Gasteiger partial charge is 0.488 e. The first kappa shape index (κ1) is 19.3. The van der Waals surface area contributed by atoms with Crippen molar-refractivity contribution in [3.8, 4) is 5.75 Å². The summed E-state index contributed by atoms with van der Waals surface area (Å²) in [6, 6.07) is 15.0. The van der Waals surface area contributed by atoms with Crippen LogP contribution in [0.1, 0.15) is 22.8 Å². The zero-order valence-corrected chi connectivity index (χ0v) is 15.8. The van der Waals surface area contributed by atoms with Crippen molar-refractivity contribution >= 4 is 17.5 Å². The summed E-state index contributed by atoms with van der Waals surface area (Å²) in [7, 11) is 4.20. The molecule has 1 atom stereocenters. The Hall–Kier alpha value is -2.04. The van der Waals surface area contributed by atoms with Gasteiger partial charge in [-0.2, -0.15) is 0 Å². The second-order valence-corrected chi connectivity index (χ2v) is 7.08. The molecule has 2 N–H and O–H groups in total. The van der Waals surface area contributed by atoms with E-state index < -0.39 is 0 Å². The monoisotopic (exact) mass is 361 g/mol. The molecular weight excluding hydrogens is 336 g/mol. The average Bonchev–Trinajstić information content (AvgIpc) is 2.59. The molecule has 0 spiro atoms. The van der Waals surface area contributed by atoms with Crippen molar-refractivity contribution in [2.45, 2.75) is 13.5 Å². The van der Waals surface area contributed by atoms with E-state index in [-0.39, 0.29) is 5.91 Å². The number of benzene rings is 2. The van der Waals surface area contributed by atoms with Crippen LogP contribution in [-0.4, -0.2) is 33.1 Å². The lowest BCUT2D eigenvalue weighted by atomic mass is 10.1. The quantitative estimate of drug-likeness (QED) is 0.758. The minimum Gasteiger partial charge on any atom is -0.488 e. The normalized spacial score (nSPS) is 12.0. The van der Waals surface area contributed by atoms with Crippen molar-refractivity contribution in [3.05, 3.63) is 64.7 Å². The first-order chi connectivity index (χ1) is 12.0. The number of carbonyl (C=O) groups excluding carboxylic acids is 1. The Kier molecular flexibility index (Phi) is 7.29. The molecule has 0 aromatic heterocycles. The van der Waals surface area contributed by atoms with Crippen molar-refractivity contribution in [2.75, 3.05) is 27.2 Å². The van der Waals surface area contributed by atoms with Gasteiger partial charge in [-0.25, -0.2) is 0 Å². The van der Waals surface area contributed by atoms with E-state index in [0.29, 0.717) is 35.4 Å². The van der Waals surface area contributed by atoms with Crippen LogP contribution in [0.4, 0.5) is 0 Å². The molecule has 0 heterocycles. The first-order valence-electron chi connectivity index (χ1n) is 8.49. The van der Waals surface area contributed by atoms with Crippen LogP contribution in [0.3, 0.4) is 0 Å². The summed E-state index contributed by atoms with van der Waals surface area (Å²) in [5.74, 6) is 0.768. The molecular formula is C20H26ClN2O2+. The fourth-order valence-corrected chi connectivity index (χ4v) is 2.84. The van der Waals surface area contributed by atoms with Gasteiger partial charge in [0, 0.05) is 17.5 Å². The fourth-order valence-electron chi connectivity index (χ4n) is 2.67. The van der Waals surface area contributed by atoms with Crippen LogP contribution in [-0.2, 0) is 6.61 Å². The molecule has 0 bridgehead atoms. The highest BCUT2D eigenvalue weighted by Crippen LogP contribution is 2.24. The molecule has 0 saturated carbocycles. The molecule has 4 nitrogen and oxygen atoms in total. The highest BCUT2D eigenvalue weighted by Gasteiger charge is 2.15. The maximum atomic E-state index is 12.6. The molecule has 0 unspecified atom stereocenters. The number of rotatable bonds is 8. The third-order valence-electron chi connectivity index (χ3n) is 3.79. The summed E-state index contributed by atoms with van der Waals surface area (Å²) in [6.07, 6.45) is 0. The average molecular weight is 362 g/mol. The van der Waals surface area contributed by atoms with Crippen LogP contribution < -0.4 is 15.0 Å². The topological polar surface area (TPSA) is 42.8 Å². The van der Waals surface area contributed by atoms with Gasteiger partial charge in [0.25, 0.3) is 5.91 Å². The number of nitrogens with one attached hydrogen (secondary N) is 2. The lowest BCUT2D eigenvalue weighted by Crippen LogP contribution is -3.06. The number of ether oxygens (including phenoxy) is 1. The first-order valence-corrected chi connectivity index (χ1v) is 8.87. The summed E-state index contributed by atoms with van der Waals surface area (Å²) in [5, 5.41) is 3.50. The number of amides is 1. The molecule has 0 saturated heterocycles. The van der Waals surface area contributed by atoms with Crippen LogP contribution in [0.25, 0.3) is 0 Å². The van der Waals surface area contributed by atoms with Gasteiger partial charge in [-0.05, 0) is 23.8 Å². The maximum absolute atomic E-state index is 12.6. The van der Waals surface area contributed by atoms with Crippen LogP contribution in [0.5, 0.6) is 5.75 Å². The molecule has 134 valence electrons. The number of hydrogen-bond donors (Lipinski definition) is 2. The van der Waals surface area contributed by atoms with E-state index in [1.54, 1.807) is 18.2 Å². The smallest absolute Gasteiger partial charge is 0.255 e. The van der Waals surface area contributed by atoms with Crippen molar-refractivity contribution in [1.29, 1.82) is 0 Å². The van der Waals surface area contributed by atoms with Crippen molar-refractivity contribution in [1.82, 2.24) is 5.32 Å². The van der Waals surface area contributed by atoms with Crippen LogP contribution >= 0.6 is 11.6 Å².